The third kappa shape index (κ3) is 28.6. The molecule has 1 rings (SSSR count). The molecule has 6 atom stereocenters. The lowest BCUT2D eigenvalue weighted by Crippen LogP contribution is -2.43. The van der Waals surface area contributed by atoms with Gasteiger partial charge < -0.3 is 34.6 Å². The predicted octanol–water partition coefficient (Wildman–Crippen LogP) is 9.95. The number of carbonyl (C=O) groups excluding carboxylic acids is 2. The molecular weight excluding hydrogens is 684 g/mol. The van der Waals surface area contributed by atoms with Crippen LogP contribution in [0.1, 0.15) is 200 Å². The van der Waals surface area contributed by atoms with Crippen LogP contribution >= 0.6 is 0 Å². The van der Waals surface area contributed by atoms with Crippen LogP contribution in [0.2, 0.25) is 0 Å². The van der Waals surface area contributed by atoms with Crippen molar-refractivity contribution in [3.05, 3.63) is 24.3 Å². The smallest absolute Gasteiger partial charge is 0.306 e. The minimum Gasteiger partial charge on any atom is -0.462 e. The number of hydrogen-bond donors (Lipinski definition) is 4. The van der Waals surface area contributed by atoms with Crippen molar-refractivity contribution in [1.82, 2.24) is 0 Å². The number of carbonyl (C=O) groups is 2. The SMILES string of the molecule is CCCCCCCCCCCCCCCCCCCCCC(=O)O[C@@H](CO)COC(=O)CCC/C=C\C[C@H]1[C@@H](O)CC(O)O[C@@H]1/C=C/[C@@H](O)CCCCC. The number of aliphatic hydroxyl groups is 4. The highest BCUT2D eigenvalue weighted by molar-refractivity contribution is 5.70. The molecule has 1 fully saturated rings. The number of aliphatic hydroxyl groups excluding tert-OH is 4. The zero-order valence-electron chi connectivity index (χ0n) is 34.5. The van der Waals surface area contributed by atoms with Crippen LogP contribution in [0.4, 0.5) is 0 Å². The van der Waals surface area contributed by atoms with Gasteiger partial charge in [-0.2, -0.15) is 0 Å². The van der Waals surface area contributed by atoms with Gasteiger partial charge in [0.2, 0.25) is 0 Å². The molecule has 1 aliphatic heterocycles. The number of unbranched alkanes of at least 4 members (excludes halogenated alkanes) is 21. The van der Waals surface area contributed by atoms with E-state index in [-0.39, 0.29) is 31.3 Å². The first-order valence-corrected chi connectivity index (χ1v) is 22.3. The van der Waals surface area contributed by atoms with E-state index in [4.69, 9.17) is 14.2 Å². The van der Waals surface area contributed by atoms with Crippen molar-refractivity contribution in [2.24, 2.45) is 5.92 Å². The minimum atomic E-state index is -1.05. The van der Waals surface area contributed by atoms with E-state index in [0.717, 1.165) is 38.5 Å². The lowest BCUT2D eigenvalue weighted by molar-refractivity contribution is -0.199. The molecule has 0 aromatic carbocycles. The molecule has 0 saturated carbocycles. The molecule has 0 aliphatic carbocycles. The topological polar surface area (TPSA) is 143 Å². The number of ether oxygens (including phenoxy) is 3. The van der Waals surface area contributed by atoms with Crippen molar-refractivity contribution in [3.63, 3.8) is 0 Å². The molecule has 54 heavy (non-hydrogen) atoms. The van der Waals surface area contributed by atoms with Gasteiger partial charge in [0.1, 0.15) is 6.61 Å². The van der Waals surface area contributed by atoms with Crippen LogP contribution in [0.5, 0.6) is 0 Å². The molecule has 1 saturated heterocycles. The van der Waals surface area contributed by atoms with Gasteiger partial charge in [-0.1, -0.05) is 173 Å². The monoisotopic (exact) mass is 767 g/mol. The average Bonchev–Trinajstić information content (AvgIpc) is 3.15. The summed E-state index contributed by atoms with van der Waals surface area (Å²) in [5, 5.41) is 40.4. The maximum absolute atomic E-state index is 12.3. The molecule has 0 aromatic heterocycles. The average molecular weight is 767 g/mol. The van der Waals surface area contributed by atoms with Gasteiger partial charge in [0.05, 0.1) is 24.9 Å². The molecule has 1 unspecified atom stereocenters. The van der Waals surface area contributed by atoms with Crippen LogP contribution < -0.4 is 0 Å². The summed E-state index contributed by atoms with van der Waals surface area (Å²) in [5.41, 5.74) is 0. The van der Waals surface area contributed by atoms with E-state index in [0.29, 0.717) is 32.1 Å². The predicted molar refractivity (Wildman–Crippen MR) is 218 cm³/mol. The van der Waals surface area contributed by atoms with Crippen molar-refractivity contribution in [2.45, 2.75) is 231 Å². The van der Waals surface area contributed by atoms with Gasteiger partial charge in [0.25, 0.3) is 0 Å². The van der Waals surface area contributed by atoms with Gasteiger partial charge >= 0.3 is 11.9 Å². The Balaban J connectivity index is 2.07. The molecule has 9 nitrogen and oxygen atoms in total. The van der Waals surface area contributed by atoms with Crippen LogP contribution in [0.25, 0.3) is 0 Å². The van der Waals surface area contributed by atoms with Gasteiger partial charge in [0.15, 0.2) is 12.4 Å². The first kappa shape index (κ1) is 50.2. The van der Waals surface area contributed by atoms with Gasteiger partial charge in [-0.15, -0.1) is 0 Å². The summed E-state index contributed by atoms with van der Waals surface area (Å²) in [5.74, 6) is -1.04. The first-order chi connectivity index (χ1) is 26.3. The van der Waals surface area contributed by atoms with Gasteiger partial charge in [-0.3, -0.25) is 9.59 Å². The summed E-state index contributed by atoms with van der Waals surface area (Å²) < 4.78 is 16.2. The fourth-order valence-corrected chi connectivity index (χ4v) is 7.07. The first-order valence-electron chi connectivity index (χ1n) is 22.3. The lowest BCUT2D eigenvalue weighted by atomic mass is 9.87. The van der Waals surface area contributed by atoms with Crippen molar-refractivity contribution >= 4 is 11.9 Å². The standard InChI is InChI=1S/C45H82O9/c1-3-5-7-8-9-10-11-12-13-14-15-16-17-18-19-20-21-22-28-32-44(50)53-39(36-46)37-52-43(49)31-27-24-23-26-30-40-41(48)35-45(51)54-42(40)34-33-38(47)29-25-6-4-2/h23,26,33-34,38-42,45-48,51H,3-22,24-25,27-32,35-37H2,1-2H3/b26-23-,34-33+/t38-,39-,40-,41-,42+,45?/m0/s1. The van der Waals surface area contributed by atoms with E-state index in [1.807, 2.05) is 12.2 Å². The Hall–Kier alpha value is -1.78. The summed E-state index contributed by atoms with van der Waals surface area (Å²) >= 11 is 0. The van der Waals surface area contributed by atoms with Crippen LogP contribution in [0.3, 0.4) is 0 Å². The largest absolute Gasteiger partial charge is 0.462 e. The van der Waals surface area contributed by atoms with Gasteiger partial charge in [-0.25, -0.2) is 0 Å². The zero-order chi connectivity index (χ0) is 39.5. The molecule has 0 radical (unpaired) electrons. The maximum Gasteiger partial charge on any atom is 0.306 e. The van der Waals surface area contributed by atoms with E-state index < -0.39 is 43.3 Å². The highest BCUT2D eigenvalue weighted by Crippen LogP contribution is 2.29. The number of allylic oxidation sites excluding steroid dienone is 2. The summed E-state index contributed by atoms with van der Waals surface area (Å²) in [4.78, 5) is 24.5. The molecular formula is C45H82O9. The molecule has 1 heterocycles. The van der Waals surface area contributed by atoms with E-state index in [2.05, 4.69) is 13.8 Å². The molecule has 0 bridgehead atoms. The van der Waals surface area contributed by atoms with Crippen LogP contribution in [0, 0.1) is 5.92 Å². The minimum absolute atomic E-state index is 0.136. The Bertz CT molecular complexity index is 938. The Labute approximate surface area is 329 Å². The molecule has 9 heteroatoms. The molecule has 0 spiro atoms. The van der Waals surface area contributed by atoms with Crippen LogP contribution in [-0.4, -0.2) is 76.3 Å². The Morgan fingerprint density at radius 1 is 0.704 bits per heavy atom. The second-order valence-corrected chi connectivity index (χ2v) is 15.7. The molecule has 0 aromatic rings. The highest BCUT2D eigenvalue weighted by Gasteiger charge is 2.35. The van der Waals surface area contributed by atoms with Gasteiger partial charge in [-0.05, 0) is 32.1 Å². The summed E-state index contributed by atoms with van der Waals surface area (Å²) in [6, 6.07) is 0. The fourth-order valence-electron chi connectivity index (χ4n) is 7.07. The van der Waals surface area contributed by atoms with E-state index in [9.17, 15) is 30.0 Å². The van der Waals surface area contributed by atoms with Crippen molar-refractivity contribution in [3.8, 4) is 0 Å². The van der Waals surface area contributed by atoms with Crippen molar-refractivity contribution in [2.75, 3.05) is 13.2 Å². The van der Waals surface area contributed by atoms with Gasteiger partial charge in [0, 0.05) is 25.2 Å². The maximum atomic E-state index is 12.3. The third-order valence-corrected chi connectivity index (χ3v) is 10.5. The number of esters is 2. The van der Waals surface area contributed by atoms with Crippen molar-refractivity contribution in [1.29, 1.82) is 0 Å². The Kier molecular flexibility index (Phi) is 33.1. The Morgan fingerprint density at radius 3 is 1.78 bits per heavy atom. The quantitative estimate of drug-likeness (QED) is 0.0278. The van der Waals surface area contributed by atoms with Crippen molar-refractivity contribution < 1.29 is 44.2 Å². The summed E-state index contributed by atoms with van der Waals surface area (Å²) in [7, 11) is 0. The summed E-state index contributed by atoms with van der Waals surface area (Å²) in [6.07, 6.45) is 34.4. The fraction of sp³-hybridized carbons (Fsp3) is 0.867. The Morgan fingerprint density at radius 2 is 1.22 bits per heavy atom. The van der Waals surface area contributed by atoms with E-state index in [1.165, 1.54) is 103 Å². The lowest BCUT2D eigenvalue weighted by Gasteiger charge is -2.36. The highest BCUT2D eigenvalue weighted by atomic mass is 16.6. The molecule has 1 aliphatic rings. The molecule has 4 N–H and O–H groups in total. The van der Waals surface area contributed by atoms with Crippen LogP contribution in [0.15, 0.2) is 24.3 Å². The van der Waals surface area contributed by atoms with Crippen LogP contribution in [-0.2, 0) is 23.8 Å². The number of hydrogen-bond acceptors (Lipinski definition) is 9. The molecule has 0 amide bonds. The van der Waals surface area contributed by atoms with E-state index >= 15 is 0 Å². The summed E-state index contributed by atoms with van der Waals surface area (Å²) in [6.45, 7) is 3.82. The second-order valence-electron chi connectivity index (χ2n) is 15.7. The third-order valence-electron chi connectivity index (χ3n) is 10.5. The number of rotatable bonds is 36. The molecule has 316 valence electrons. The zero-order valence-corrected chi connectivity index (χ0v) is 34.5. The normalized spacial score (nSPS) is 20.1. The second kappa shape index (κ2) is 35.6. The van der Waals surface area contributed by atoms with E-state index in [1.54, 1.807) is 12.2 Å².